The number of rotatable bonds is 3. The van der Waals surface area contributed by atoms with E-state index in [1.165, 1.54) is 18.4 Å². The molecule has 5 heterocycles. The van der Waals surface area contributed by atoms with Gasteiger partial charge >= 0.3 is 0 Å². The van der Waals surface area contributed by atoms with E-state index in [1.807, 2.05) is 19.2 Å². The van der Waals surface area contributed by atoms with E-state index in [2.05, 4.69) is 38.4 Å². The highest BCUT2D eigenvalue weighted by molar-refractivity contribution is 6.77. The van der Waals surface area contributed by atoms with Crippen molar-refractivity contribution in [3.05, 3.63) is 30.4 Å². The molecule has 1 saturated heterocycles. The molecule has 9 nitrogen and oxygen atoms in total. The van der Waals surface area contributed by atoms with Crippen molar-refractivity contribution in [1.82, 2.24) is 24.6 Å². The summed E-state index contributed by atoms with van der Waals surface area (Å²) in [5, 5.41) is 7.54. The number of nitrogens with zero attached hydrogens (tertiary/aromatic N) is 7. The maximum absolute atomic E-state index is 12.7. The highest BCUT2D eigenvalue weighted by atomic mass is 28.3. The average Bonchev–Trinajstić information content (AvgIpc) is 3.18. The number of nitrogens with one attached hydrogen (secondary N) is 1. The van der Waals surface area contributed by atoms with Crippen molar-refractivity contribution < 1.29 is 4.79 Å². The number of aromatic nitrogens is 5. The molecule has 1 amide bonds. The van der Waals surface area contributed by atoms with E-state index in [1.54, 1.807) is 22.7 Å². The van der Waals surface area contributed by atoms with E-state index >= 15 is 0 Å². The van der Waals surface area contributed by atoms with Crippen LogP contribution < -0.4 is 15.1 Å². The van der Waals surface area contributed by atoms with Gasteiger partial charge in [0.05, 0.1) is 24.6 Å². The number of pyridine rings is 1. The molecule has 163 valence electrons. The quantitative estimate of drug-likeness (QED) is 0.630. The summed E-state index contributed by atoms with van der Waals surface area (Å²) in [6.07, 6.45) is 7.43. The van der Waals surface area contributed by atoms with Crippen molar-refractivity contribution in [2.75, 3.05) is 28.7 Å². The number of carbonyl (C=O) groups is 1. The van der Waals surface area contributed by atoms with E-state index in [9.17, 15) is 4.79 Å². The topological polar surface area (TPSA) is 91.5 Å². The molecule has 0 bridgehead atoms. The van der Waals surface area contributed by atoms with Crippen molar-refractivity contribution >= 4 is 42.8 Å². The van der Waals surface area contributed by atoms with Crippen LogP contribution in [0.25, 0.3) is 5.65 Å². The number of likely N-dealkylation sites (N-methyl/N-ethyl adjacent to an activating group) is 1. The molecule has 5 rings (SSSR count). The fraction of sp³-hybridized carbons (Fsp3) is 0.476. The number of aryl methyl sites for hydroxylation is 1. The van der Waals surface area contributed by atoms with Crippen LogP contribution in [0.2, 0.25) is 25.2 Å². The molecule has 0 saturated carbocycles. The molecule has 1 N–H and O–H groups in total. The van der Waals surface area contributed by atoms with Crippen LogP contribution in [0.15, 0.2) is 24.8 Å². The molecule has 0 aromatic carbocycles. The molecule has 0 radical (unpaired) electrons. The molecular formula is C21H28N8OSi-. The fourth-order valence-corrected chi connectivity index (χ4v) is 7.02. The SMILES string of the molecule is Cc1cc2ncnn2cc1Nc1ncc2c(n1)N(C1CC[Si-](C)(C)CC1)CC(=O)N2C. The second kappa shape index (κ2) is 7.29. The van der Waals surface area contributed by atoms with Gasteiger partial charge in [0.25, 0.3) is 0 Å². The van der Waals surface area contributed by atoms with Crippen LogP contribution in [-0.2, 0) is 4.79 Å². The second-order valence-corrected chi connectivity index (χ2v) is 14.8. The lowest BCUT2D eigenvalue weighted by Crippen LogP contribution is -2.51. The number of hydrogen-bond acceptors (Lipinski definition) is 7. The van der Waals surface area contributed by atoms with Crippen LogP contribution in [0, 0.1) is 6.92 Å². The number of carbonyl (C=O) groups excluding carboxylic acids is 1. The summed E-state index contributed by atoms with van der Waals surface area (Å²) in [4.78, 5) is 30.1. The Kier molecular flexibility index (Phi) is 4.69. The maximum Gasteiger partial charge on any atom is 0.246 e. The van der Waals surface area contributed by atoms with Crippen molar-refractivity contribution in [3.8, 4) is 0 Å². The molecule has 0 aliphatic carbocycles. The van der Waals surface area contributed by atoms with Crippen molar-refractivity contribution in [2.45, 2.75) is 51.0 Å². The fourth-order valence-electron chi connectivity index (χ4n) is 4.54. The van der Waals surface area contributed by atoms with Crippen molar-refractivity contribution in [3.63, 3.8) is 0 Å². The zero-order valence-corrected chi connectivity index (χ0v) is 19.5. The first-order valence-electron chi connectivity index (χ1n) is 10.8. The van der Waals surface area contributed by atoms with Gasteiger partial charge in [-0.05, 0) is 18.6 Å². The summed E-state index contributed by atoms with van der Waals surface area (Å²) in [6.45, 7) is 7.31. The second-order valence-electron chi connectivity index (χ2n) is 9.44. The van der Waals surface area contributed by atoms with E-state index in [0.29, 0.717) is 18.5 Å². The molecule has 31 heavy (non-hydrogen) atoms. The Hall–Kier alpha value is -3.01. The van der Waals surface area contributed by atoms with Crippen molar-refractivity contribution in [2.24, 2.45) is 0 Å². The van der Waals surface area contributed by atoms with Crippen molar-refractivity contribution in [1.29, 1.82) is 0 Å². The lowest BCUT2D eigenvalue weighted by molar-refractivity contribution is -0.117. The molecule has 3 aromatic rings. The van der Waals surface area contributed by atoms with E-state index in [4.69, 9.17) is 4.98 Å². The van der Waals surface area contributed by atoms with E-state index < -0.39 is 8.07 Å². The van der Waals surface area contributed by atoms with Gasteiger partial charge in [-0.2, -0.15) is 35.3 Å². The van der Waals surface area contributed by atoms with Gasteiger partial charge in [-0.3, -0.25) is 4.79 Å². The lowest BCUT2D eigenvalue weighted by atomic mass is 10.1. The van der Waals surface area contributed by atoms with Crippen LogP contribution in [0.1, 0.15) is 18.4 Å². The summed E-state index contributed by atoms with van der Waals surface area (Å²) in [5.74, 6) is 1.44. The third-order valence-electron chi connectivity index (χ3n) is 6.68. The first-order chi connectivity index (χ1) is 14.8. The van der Waals surface area contributed by atoms with Crippen LogP contribution in [-0.4, -0.2) is 58.2 Å². The summed E-state index contributed by atoms with van der Waals surface area (Å²) < 4.78 is 1.72. The Balaban J connectivity index is 1.48. The van der Waals surface area contributed by atoms with Crippen LogP contribution in [0.4, 0.5) is 23.1 Å². The Morgan fingerprint density at radius 3 is 2.74 bits per heavy atom. The summed E-state index contributed by atoms with van der Waals surface area (Å²) in [6, 6.07) is 4.91. The van der Waals surface area contributed by atoms with Gasteiger partial charge in [-0.1, -0.05) is 12.8 Å². The summed E-state index contributed by atoms with van der Waals surface area (Å²) in [7, 11) is 0.717. The minimum atomic E-state index is -1.08. The van der Waals surface area contributed by atoms with Gasteiger partial charge in [0, 0.05) is 13.1 Å². The first-order valence-corrected chi connectivity index (χ1v) is 14.2. The Bertz CT molecular complexity index is 1150. The largest absolute Gasteiger partial charge is 0.343 e. The minimum Gasteiger partial charge on any atom is -0.343 e. The molecular weight excluding hydrogens is 408 g/mol. The Morgan fingerprint density at radius 1 is 1.19 bits per heavy atom. The van der Waals surface area contributed by atoms with Gasteiger partial charge in [0.2, 0.25) is 11.9 Å². The molecule has 2 aliphatic heterocycles. The molecule has 3 aromatic heterocycles. The Labute approximate surface area is 182 Å². The highest BCUT2D eigenvalue weighted by Gasteiger charge is 2.34. The highest BCUT2D eigenvalue weighted by Crippen LogP contribution is 2.38. The third-order valence-corrected chi connectivity index (χ3v) is 9.97. The zero-order valence-electron chi connectivity index (χ0n) is 18.5. The molecule has 2 aliphatic rings. The Morgan fingerprint density at radius 2 is 1.97 bits per heavy atom. The number of fused-ring (bicyclic) bond motifs is 2. The van der Waals surface area contributed by atoms with Gasteiger partial charge in [-0.25, -0.2) is 14.5 Å². The van der Waals surface area contributed by atoms with Crippen LogP contribution >= 0.6 is 0 Å². The number of hydrogen-bond donors (Lipinski definition) is 1. The monoisotopic (exact) mass is 436 g/mol. The predicted octanol–water partition coefficient (Wildman–Crippen LogP) is 3.22. The normalized spacial score (nSPS) is 19.0. The van der Waals surface area contributed by atoms with Crippen LogP contribution in [0.5, 0.6) is 0 Å². The number of anilines is 4. The number of amides is 1. The first kappa shape index (κ1) is 19.9. The summed E-state index contributed by atoms with van der Waals surface area (Å²) in [5.41, 5.74) is 3.47. The minimum absolute atomic E-state index is 0.0892. The summed E-state index contributed by atoms with van der Waals surface area (Å²) >= 11 is 0. The average molecular weight is 437 g/mol. The van der Waals surface area contributed by atoms with E-state index in [-0.39, 0.29) is 5.91 Å². The molecule has 0 atom stereocenters. The van der Waals surface area contributed by atoms with Gasteiger partial charge < -0.3 is 15.1 Å². The van der Waals surface area contributed by atoms with Gasteiger partial charge in [0.1, 0.15) is 12.0 Å². The standard InChI is InChI=1S/C21H28N8OSi/c1-14-9-18-23-13-24-29(18)11-16(14)25-21-22-10-17-20(26-21)28(12-19(30)27(17)2)15-5-7-31(3,4)8-6-15/h9-11,13,15H,5-8,12H2,1-4H3,(H,22,25,26)/q-1. The smallest absolute Gasteiger partial charge is 0.246 e. The zero-order chi connectivity index (χ0) is 21.8. The van der Waals surface area contributed by atoms with Gasteiger partial charge in [0.15, 0.2) is 11.5 Å². The predicted molar refractivity (Wildman–Crippen MR) is 124 cm³/mol. The van der Waals surface area contributed by atoms with Gasteiger partial charge in [-0.15, -0.1) is 8.07 Å². The van der Waals surface area contributed by atoms with E-state index in [0.717, 1.165) is 41.2 Å². The molecule has 1 fully saturated rings. The van der Waals surface area contributed by atoms with Crippen LogP contribution in [0.3, 0.4) is 0 Å². The lowest BCUT2D eigenvalue weighted by Gasteiger charge is -2.47. The molecule has 10 heteroatoms. The third kappa shape index (κ3) is 3.65. The molecule has 0 spiro atoms. The molecule has 0 unspecified atom stereocenters. The maximum atomic E-state index is 12.7.